The van der Waals surface area contributed by atoms with Crippen molar-refractivity contribution in [1.82, 2.24) is 0 Å². The lowest BCUT2D eigenvalue weighted by molar-refractivity contribution is 0.669. The molecule has 0 amide bonds. The van der Waals surface area contributed by atoms with E-state index in [1.54, 1.807) is 0 Å². The summed E-state index contributed by atoms with van der Waals surface area (Å²) in [7, 11) is 0. The van der Waals surface area contributed by atoms with E-state index < -0.39 is 0 Å². The second-order valence-corrected chi connectivity index (χ2v) is 6.80. The number of fused-ring (bicyclic) bond motifs is 3. The van der Waals surface area contributed by atoms with Gasteiger partial charge in [-0.1, -0.05) is 72.3 Å². The van der Waals surface area contributed by atoms with Crippen LogP contribution in [0.1, 0.15) is 0 Å². The highest BCUT2D eigenvalue weighted by atomic mass is 35.5. The summed E-state index contributed by atoms with van der Waals surface area (Å²) < 4.78 is 6.06. The Morgan fingerprint density at radius 2 is 1.31 bits per heavy atom. The van der Waals surface area contributed by atoms with Gasteiger partial charge in [-0.2, -0.15) is 0 Å². The molecule has 0 radical (unpaired) electrons. The summed E-state index contributed by atoms with van der Waals surface area (Å²) in [6.07, 6.45) is 0. The molecule has 0 N–H and O–H groups in total. The van der Waals surface area contributed by atoms with Crippen LogP contribution < -0.4 is 0 Å². The predicted octanol–water partition coefficient (Wildman–Crippen LogP) is 7.57. The summed E-state index contributed by atoms with van der Waals surface area (Å²) in [6, 6.07) is 30.9. The number of para-hydroxylation sites is 1. The fourth-order valence-corrected chi connectivity index (χ4v) is 3.69. The highest BCUT2D eigenvalue weighted by Crippen LogP contribution is 2.37. The first-order valence-corrected chi connectivity index (χ1v) is 8.94. The van der Waals surface area contributed by atoms with Gasteiger partial charge in [0.2, 0.25) is 0 Å². The topological polar surface area (TPSA) is 13.1 Å². The standard InChI is InChI=1S/C24H15ClO/c25-18-11-13-19(22(15-18)16-6-2-1-3-7-16)17-10-12-21-20-8-4-5-9-23(20)26-24(21)14-17/h1-15H. The van der Waals surface area contributed by atoms with Crippen LogP contribution in [0.3, 0.4) is 0 Å². The van der Waals surface area contributed by atoms with Crippen LogP contribution in [0.25, 0.3) is 44.2 Å². The molecule has 0 saturated heterocycles. The van der Waals surface area contributed by atoms with Crippen LogP contribution in [0.5, 0.6) is 0 Å². The van der Waals surface area contributed by atoms with Crippen LogP contribution in [0.4, 0.5) is 0 Å². The Morgan fingerprint density at radius 3 is 2.19 bits per heavy atom. The van der Waals surface area contributed by atoms with Crippen LogP contribution in [0.15, 0.2) is 95.4 Å². The summed E-state index contributed by atoms with van der Waals surface area (Å²) >= 11 is 6.28. The van der Waals surface area contributed by atoms with Crippen LogP contribution in [0, 0.1) is 0 Å². The van der Waals surface area contributed by atoms with Crippen molar-refractivity contribution in [1.29, 1.82) is 0 Å². The van der Waals surface area contributed by atoms with Crippen molar-refractivity contribution in [2.45, 2.75) is 0 Å². The highest BCUT2D eigenvalue weighted by molar-refractivity contribution is 6.31. The van der Waals surface area contributed by atoms with E-state index in [4.69, 9.17) is 16.0 Å². The summed E-state index contributed by atoms with van der Waals surface area (Å²) in [6.45, 7) is 0. The van der Waals surface area contributed by atoms with E-state index in [2.05, 4.69) is 42.5 Å². The molecule has 0 fully saturated rings. The van der Waals surface area contributed by atoms with E-state index in [1.165, 1.54) is 0 Å². The first-order valence-electron chi connectivity index (χ1n) is 8.56. The molecule has 0 aliphatic heterocycles. The van der Waals surface area contributed by atoms with Crippen LogP contribution in [0.2, 0.25) is 5.02 Å². The zero-order valence-electron chi connectivity index (χ0n) is 13.9. The number of hydrogen-bond donors (Lipinski definition) is 0. The van der Waals surface area contributed by atoms with Crippen molar-refractivity contribution < 1.29 is 4.42 Å². The largest absolute Gasteiger partial charge is 0.456 e. The Balaban J connectivity index is 1.74. The lowest BCUT2D eigenvalue weighted by atomic mass is 9.94. The van der Waals surface area contributed by atoms with Gasteiger partial charge in [0.15, 0.2) is 0 Å². The van der Waals surface area contributed by atoms with Crippen molar-refractivity contribution >= 4 is 33.5 Å². The van der Waals surface area contributed by atoms with Crippen molar-refractivity contribution in [3.8, 4) is 22.3 Å². The molecule has 5 rings (SSSR count). The molecule has 0 bridgehead atoms. The maximum absolute atomic E-state index is 6.28. The SMILES string of the molecule is Clc1ccc(-c2ccc3c(c2)oc2ccccc23)c(-c2ccccc2)c1. The Kier molecular flexibility index (Phi) is 3.55. The van der Waals surface area contributed by atoms with Crippen molar-refractivity contribution in [3.05, 3.63) is 96.0 Å². The van der Waals surface area contributed by atoms with Gasteiger partial charge in [-0.25, -0.2) is 0 Å². The van der Waals surface area contributed by atoms with Gasteiger partial charge in [0.1, 0.15) is 11.2 Å². The summed E-state index contributed by atoms with van der Waals surface area (Å²) in [5.74, 6) is 0. The molecule has 1 aromatic heterocycles. The van der Waals surface area contributed by atoms with Gasteiger partial charge in [0, 0.05) is 15.8 Å². The summed E-state index contributed by atoms with van der Waals surface area (Å²) in [5.41, 5.74) is 6.34. The minimum absolute atomic E-state index is 0.734. The zero-order valence-corrected chi connectivity index (χ0v) is 14.7. The quantitative estimate of drug-likeness (QED) is 0.318. The molecule has 0 aliphatic rings. The number of rotatable bonds is 2. The molecule has 0 atom stereocenters. The monoisotopic (exact) mass is 354 g/mol. The second kappa shape index (κ2) is 6.05. The lowest BCUT2D eigenvalue weighted by Gasteiger charge is -2.11. The van der Waals surface area contributed by atoms with E-state index in [-0.39, 0.29) is 0 Å². The summed E-state index contributed by atoms with van der Waals surface area (Å²) in [5, 5.41) is 3.02. The first kappa shape index (κ1) is 15.2. The molecule has 5 aromatic rings. The molecule has 0 aliphatic carbocycles. The molecule has 0 saturated carbocycles. The minimum atomic E-state index is 0.734. The zero-order chi connectivity index (χ0) is 17.5. The van der Waals surface area contributed by atoms with Crippen LogP contribution in [-0.2, 0) is 0 Å². The molecular weight excluding hydrogens is 340 g/mol. The van der Waals surface area contributed by atoms with Gasteiger partial charge in [0.05, 0.1) is 0 Å². The van der Waals surface area contributed by atoms with Gasteiger partial charge in [-0.15, -0.1) is 0 Å². The minimum Gasteiger partial charge on any atom is -0.456 e. The molecule has 1 nitrogen and oxygen atoms in total. The molecule has 2 heteroatoms. The third-order valence-corrected chi connectivity index (χ3v) is 4.99. The third kappa shape index (κ3) is 2.49. The van der Waals surface area contributed by atoms with Gasteiger partial charge in [-0.3, -0.25) is 0 Å². The molecule has 0 unspecified atom stereocenters. The fraction of sp³-hybridized carbons (Fsp3) is 0. The predicted molar refractivity (Wildman–Crippen MR) is 110 cm³/mol. The molecular formula is C24H15ClO. The average Bonchev–Trinajstić information content (AvgIpc) is 3.06. The maximum Gasteiger partial charge on any atom is 0.136 e. The van der Waals surface area contributed by atoms with Gasteiger partial charge in [-0.05, 0) is 52.6 Å². The van der Waals surface area contributed by atoms with Crippen molar-refractivity contribution in [3.63, 3.8) is 0 Å². The van der Waals surface area contributed by atoms with E-state index >= 15 is 0 Å². The molecule has 26 heavy (non-hydrogen) atoms. The van der Waals surface area contributed by atoms with Crippen LogP contribution in [-0.4, -0.2) is 0 Å². The van der Waals surface area contributed by atoms with Gasteiger partial charge >= 0.3 is 0 Å². The first-order chi connectivity index (χ1) is 12.8. The smallest absolute Gasteiger partial charge is 0.136 e. The van der Waals surface area contributed by atoms with E-state index in [1.807, 2.05) is 48.5 Å². The van der Waals surface area contributed by atoms with Crippen molar-refractivity contribution in [2.24, 2.45) is 0 Å². The van der Waals surface area contributed by atoms with Crippen molar-refractivity contribution in [2.75, 3.05) is 0 Å². The Bertz CT molecular complexity index is 1240. The lowest BCUT2D eigenvalue weighted by Crippen LogP contribution is -1.85. The average molecular weight is 355 g/mol. The maximum atomic E-state index is 6.28. The fourth-order valence-electron chi connectivity index (χ4n) is 3.52. The normalized spacial score (nSPS) is 11.3. The number of hydrogen-bond acceptors (Lipinski definition) is 1. The number of furan rings is 1. The van der Waals surface area contributed by atoms with Gasteiger partial charge in [0.25, 0.3) is 0 Å². The van der Waals surface area contributed by atoms with E-state index in [9.17, 15) is 0 Å². The molecule has 0 spiro atoms. The van der Waals surface area contributed by atoms with E-state index in [0.717, 1.165) is 49.2 Å². The third-order valence-electron chi connectivity index (χ3n) is 4.76. The Morgan fingerprint density at radius 1 is 0.538 bits per heavy atom. The number of halogens is 1. The summed E-state index contributed by atoms with van der Waals surface area (Å²) in [4.78, 5) is 0. The van der Waals surface area contributed by atoms with Gasteiger partial charge < -0.3 is 4.42 Å². The Hall–Kier alpha value is -3.03. The molecule has 4 aromatic carbocycles. The number of benzene rings is 4. The second-order valence-electron chi connectivity index (χ2n) is 6.37. The Labute approximate surface area is 156 Å². The van der Waals surface area contributed by atoms with Crippen LogP contribution >= 0.6 is 11.6 Å². The molecule has 1 heterocycles. The highest BCUT2D eigenvalue weighted by Gasteiger charge is 2.12. The molecule has 124 valence electrons. The van der Waals surface area contributed by atoms with E-state index in [0.29, 0.717) is 0 Å².